The van der Waals surface area contributed by atoms with Crippen molar-refractivity contribution in [1.82, 2.24) is 4.31 Å². The van der Waals surface area contributed by atoms with Gasteiger partial charge in [0.1, 0.15) is 5.60 Å². The summed E-state index contributed by atoms with van der Waals surface area (Å²) < 4.78 is 34.1. The van der Waals surface area contributed by atoms with E-state index in [1.807, 2.05) is 46.8 Å². The van der Waals surface area contributed by atoms with Crippen molar-refractivity contribution in [3.8, 4) is 0 Å². The van der Waals surface area contributed by atoms with Gasteiger partial charge in [-0.2, -0.15) is 4.31 Å². The highest BCUT2D eigenvalue weighted by molar-refractivity contribution is 7.89. The number of benzene rings is 1. The van der Waals surface area contributed by atoms with Gasteiger partial charge in [0.15, 0.2) is 5.78 Å². The Morgan fingerprint density at radius 1 is 1.15 bits per heavy atom. The number of ether oxygens (including phenoxy) is 1. The molecule has 0 unspecified atom stereocenters. The zero-order chi connectivity index (χ0) is 19.8. The van der Waals surface area contributed by atoms with Crippen molar-refractivity contribution in [2.24, 2.45) is 11.8 Å². The third kappa shape index (κ3) is 2.57. The molecule has 3 fully saturated rings. The number of fused-ring (bicyclic) bond motifs is 2. The molecule has 1 spiro atoms. The molecule has 3 atom stereocenters. The summed E-state index contributed by atoms with van der Waals surface area (Å²) in [6.07, 6.45) is 0.395. The number of nitrogens with zero attached hydrogens (tertiary/aromatic N) is 1. The van der Waals surface area contributed by atoms with Crippen molar-refractivity contribution in [3.05, 3.63) is 41.0 Å². The Balaban J connectivity index is 1.72. The average Bonchev–Trinajstić information content (AvgIpc) is 2.91. The lowest BCUT2D eigenvalue weighted by Crippen LogP contribution is -2.45. The second-order valence-corrected chi connectivity index (χ2v) is 10.8. The van der Waals surface area contributed by atoms with E-state index in [2.05, 4.69) is 0 Å². The number of Topliss-reactive ketones (excluding diaryl/α,β-unsaturated/α-hetero) is 1. The number of allylic oxidation sites excluding steroid dienone is 1. The summed E-state index contributed by atoms with van der Waals surface area (Å²) in [5.41, 5.74) is 1.67. The predicted octanol–water partition coefficient (Wildman–Crippen LogP) is 3.09. The molecule has 2 heterocycles. The first-order valence-corrected chi connectivity index (χ1v) is 10.9. The molecule has 0 N–H and O–H groups in total. The van der Waals surface area contributed by atoms with Gasteiger partial charge in [0, 0.05) is 31.0 Å². The van der Waals surface area contributed by atoms with Crippen molar-refractivity contribution in [2.75, 3.05) is 13.1 Å². The Hall–Kier alpha value is -1.50. The SMILES string of the molecule is CC(C)=C1C(=O)C[C@H]2CN(S(=O)(=O)c3ccc(C)cc3)C[C@H]2[C@]12OC2(C)C. The van der Waals surface area contributed by atoms with E-state index in [4.69, 9.17) is 4.74 Å². The van der Waals surface area contributed by atoms with Crippen LogP contribution < -0.4 is 0 Å². The van der Waals surface area contributed by atoms with Crippen molar-refractivity contribution in [1.29, 1.82) is 0 Å². The monoisotopic (exact) mass is 389 g/mol. The van der Waals surface area contributed by atoms with Crippen molar-refractivity contribution in [2.45, 2.75) is 57.1 Å². The van der Waals surface area contributed by atoms with Crippen LogP contribution in [0.3, 0.4) is 0 Å². The number of sulfonamides is 1. The first kappa shape index (κ1) is 18.8. The van der Waals surface area contributed by atoms with Gasteiger partial charge in [0.05, 0.1) is 10.5 Å². The Morgan fingerprint density at radius 3 is 2.26 bits per heavy atom. The van der Waals surface area contributed by atoms with Crippen LogP contribution in [0.25, 0.3) is 0 Å². The molecule has 0 bridgehead atoms. The van der Waals surface area contributed by atoms with Crippen molar-refractivity contribution >= 4 is 15.8 Å². The Bertz CT molecular complexity index is 941. The Morgan fingerprint density at radius 2 is 1.74 bits per heavy atom. The summed E-state index contributed by atoms with van der Waals surface area (Å²) in [4.78, 5) is 13.2. The highest BCUT2D eigenvalue weighted by atomic mass is 32.2. The van der Waals surface area contributed by atoms with E-state index in [1.54, 1.807) is 16.4 Å². The normalized spacial score (nSPS) is 32.6. The predicted molar refractivity (Wildman–Crippen MR) is 103 cm³/mol. The summed E-state index contributed by atoms with van der Waals surface area (Å²) in [7, 11) is -3.58. The Labute approximate surface area is 161 Å². The molecule has 3 aliphatic rings. The van der Waals surface area contributed by atoms with Crippen LogP contribution in [0.15, 0.2) is 40.3 Å². The summed E-state index contributed by atoms with van der Waals surface area (Å²) in [5.74, 6) is 0.120. The molecule has 1 saturated carbocycles. The molecule has 0 amide bonds. The average molecular weight is 390 g/mol. The fourth-order valence-corrected chi connectivity index (χ4v) is 6.71. The van der Waals surface area contributed by atoms with Crippen LogP contribution in [0.4, 0.5) is 0 Å². The van der Waals surface area contributed by atoms with E-state index in [1.165, 1.54) is 0 Å². The molecule has 6 heteroatoms. The highest BCUT2D eigenvalue weighted by Gasteiger charge is 2.75. The summed E-state index contributed by atoms with van der Waals surface area (Å²) in [6, 6.07) is 6.95. The highest BCUT2D eigenvalue weighted by Crippen LogP contribution is 2.64. The van der Waals surface area contributed by atoms with Gasteiger partial charge in [-0.1, -0.05) is 23.3 Å². The second-order valence-electron chi connectivity index (χ2n) is 8.85. The number of hydrogen-bond acceptors (Lipinski definition) is 4. The van der Waals surface area contributed by atoms with E-state index in [0.717, 1.165) is 16.7 Å². The van der Waals surface area contributed by atoms with Gasteiger partial charge in [0.25, 0.3) is 0 Å². The van der Waals surface area contributed by atoms with E-state index in [-0.39, 0.29) is 17.6 Å². The lowest BCUT2D eigenvalue weighted by Gasteiger charge is -2.34. The molecule has 1 aromatic carbocycles. The van der Waals surface area contributed by atoms with Gasteiger partial charge in [0.2, 0.25) is 10.0 Å². The van der Waals surface area contributed by atoms with Crippen LogP contribution in [0.5, 0.6) is 0 Å². The van der Waals surface area contributed by atoms with Crippen LogP contribution in [0, 0.1) is 18.8 Å². The van der Waals surface area contributed by atoms with Crippen LogP contribution in [0.1, 0.15) is 39.7 Å². The number of ketones is 1. The third-order valence-electron chi connectivity index (χ3n) is 6.46. The van der Waals surface area contributed by atoms with E-state index in [0.29, 0.717) is 24.4 Å². The zero-order valence-corrected chi connectivity index (χ0v) is 17.4. The molecule has 1 aromatic rings. The van der Waals surface area contributed by atoms with Gasteiger partial charge in [-0.3, -0.25) is 4.79 Å². The quantitative estimate of drug-likeness (QED) is 0.576. The van der Waals surface area contributed by atoms with Crippen LogP contribution in [-0.4, -0.2) is 42.8 Å². The minimum atomic E-state index is -3.58. The number of hydrogen-bond donors (Lipinski definition) is 0. The van der Waals surface area contributed by atoms with Crippen LogP contribution >= 0.6 is 0 Å². The van der Waals surface area contributed by atoms with Gasteiger partial charge >= 0.3 is 0 Å². The van der Waals surface area contributed by atoms with E-state index < -0.39 is 21.2 Å². The summed E-state index contributed by atoms with van der Waals surface area (Å²) >= 11 is 0. The number of rotatable bonds is 2. The van der Waals surface area contributed by atoms with Crippen LogP contribution in [0.2, 0.25) is 0 Å². The molecule has 4 rings (SSSR count). The van der Waals surface area contributed by atoms with Gasteiger partial charge in [-0.25, -0.2) is 8.42 Å². The lowest BCUT2D eigenvalue weighted by atomic mass is 9.65. The van der Waals surface area contributed by atoms with E-state index in [9.17, 15) is 13.2 Å². The second kappa shape index (κ2) is 5.75. The molecular formula is C21H27NO4S. The molecule has 1 aliphatic carbocycles. The largest absolute Gasteiger partial charge is 0.358 e. The third-order valence-corrected chi connectivity index (χ3v) is 8.30. The van der Waals surface area contributed by atoms with Gasteiger partial charge in [-0.15, -0.1) is 0 Å². The maximum atomic E-state index is 13.2. The first-order valence-electron chi connectivity index (χ1n) is 9.49. The van der Waals surface area contributed by atoms with E-state index >= 15 is 0 Å². The van der Waals surface area contributed by atoms with Crippen LogP contribution in [-0.2, 0) is 19.6 Å². The molecule has 2 saturated heterocycles. The molecule has 5 nitrogen and oxygen atoms in total. The van der Waals surface area contributed by atoms with Gasteiger partial charge < -0.3 is 4.74 Å². The molecule has 2 aliphatic heterocycles. The standard InChI is InChI=1S/C21H27NO4S/c1-13(2)19-18(23)10-15-11-22(12-17(15)21(19)20(4,5)26-21)27(24,25)16-8-6-14(3)7-9-16/h6-9,15,17H,10-12H2,1-5H3/t15-,17+,21-/m0/s1. The fraction of sp³-hybridized carbons (Fsp3) is 0.571. The fourth-order valence-electron chi connectivity index (χ4n) is 5.19. The number of carbonyl (C=O) groups excluding carboxylic acids is 1. The maximum absolute atomic E-state index is 13.2. The molecule has 146 valence electrons. The topological polar surface area (TPSA) is 67.0 Å². The minimum Gasteiger partial charge on any atom is -0.358 e. The zero-order valence-electron chi connectivity index (χ0n) is 16.6. The van der Waals surface area contributed by atoms with Crippen molar-refractivity contribution in [3.63, 3.8) is 0 Å². The number of epoxide rings is 1. The van der Waals surface area contributed by atoms with Crippen molar-refractivity contribution < 1.29 is 17.9 Å². The first-order chi connectivity index (χ1) is 12.5. The molecule has 27 heavy (non-hydrogen) atoms. The number of carbonyl (C=O) groups is 1. The lowest BCUT2D eigenvalue weighted by molar-refractivity contribution is -0.119. The summed E-state index contributed by atoms with van der Waals surface area (Å²) in [5, 5.41) is 0. The molecular weight excluding hydrogens is 362 g/mol. The summed E-state index contributed by atoms with van der Waals surface area (Å²) in [6.45, 7) is 10.6. The Kier molecular flexibility index (Phi) is 4.01. The number of aryl methyl sites for hydroxylation is 1. The maximum Gasteiger partial charge on any atom is 0.243 e. The minimum absolute atomic E-state index is 0.00241. The van der Waals surface area contributed by atoms with Gasteiger partial charge in [-0.05, 0) is 52.7 Å². The smallest absolute Gasteiger partial charge is 0.243 e. The molecule has 0 radical (unpaired) electrons. The molecule has 0 aromatic heterocycles.